The van der Waals surface area contributed by atoms with Gasteiger partial charge in [-0.3, -0.25) is 0 Å². The van der Waals surface area contributed by atoms with E-state index >= 15 is 0 Å². The van der Waals surface area contributed by atoms with Crippen LogP contribution in [0, 0.1) is 6.92 Å². The Bertz CT molecular complexity index is 712. The number of anilines is 1. The molecule has 0 spiro atoms. The van der Waals surface area contributed by atoms with Crippen molar-refractivity contribution in [3.05, 3.63) is 65.9 Å². The fraction of sp³-hybridized carbons (Fsp3) is 0.222. The topological polar surface area (TPSA) is 27.8 Å². The van der Waals surface area contributed by atoms with E-state index in [4.69, 9.17) is 0 Å². The van der Waals surface area contributed by atoms with Gasteiger partial charge in [-0.05, 0) is 30.2 Å². The molecule has 1 unspecified atom stereocenters. The fourth-order valence-electron chi connectivity index (χ4n) is 2.68. The van der Waals surface area contributed by atoms with Gasteiger partial charge in [0.15, 0.2) is 0 Å². The Morgan fingerprint density at radius 1 is 1.00 bits per heavy atom. The molecule has 20 heavy (non-hydrogen) atoms. The molecule has 102 valence electrons. The molecule has 0 fully saturated rings. The Kier molecular flexibility index (Phi) is 3.46. The zero-order valence-corrected chi connectivity index (χ0v) is 12.0. The smallest absolute Gasteiger partial charge is 0.0456 e. The summed E-state index contributed by atoms with van der Waals surface area (Å²) in [6.07, 6.45) is 2.03. The number of fused-ring (bicyclic) bond motifs is 2. The summed E-state index contributed by atoms with van der Waals surface area (Å²) in [5.41, 5.74) is 5.31. The average Bonchev–Trinajstić information content (AvgIpc) is 3.05. The van der Waals surface area contributed by atoms with Crippen LogP contribution in [-0.2, 0) is 0 Å². The number of benzene rings is 2. The van der Waals surface area contributed by atoms with E-state index in [1.54, 1.807) is 0 Å². The van der Waals surface area contributed by atoms with Crippen LogP contribution in [0.4, 0.5) is 5.69 Å². The van der Waals surface area contributed by atoms with Crippen molar-refractivity contribution in [3.8, 4) is 0 Å². The largest absolute Gasteiger partial charge is 0.384 e. The zero-order valence-electron chi connectivity index (χ0n) is 12.0. The van der Waals surface area contributed by atoms with E-state index < -0.39 is 0 Å². The van der Waals surface area contributed by atoms with Crippen LogP contribution in [0.5, 0.6) is 0 Å². The second-order valence-corrected chi connectivity index (χ2v) is 5.39. The highest BCUT2D eigenvalue weighted by atomic mass is 14.9. The summed E-state index contributed by atoms with van der Waals surface area (Å²) in [7, 11) is 0. The fourth-order valence-corrected chi connectivity index (χ4v) is 2.68. The first-order valence-corrected chi connectivity index (χ1v) is 7.11. The lowest BCUT2D eigenvalue weighted by Gasteiger charge is -1.98. The van der Waals surface area contributed by atoms with Crippen LogP contribution >= 0.6 is 0 Å². The predicted molar refractivity (Wildman–Crippen MR) is 86.4 cm³/mol. The van der Waals surface area contributed by atoms with Gasteiger partial charge in [0.2, 0.25) is 0 Å². The molecule has 1 atom stereocenters. The number of hydrogen-bond donors (Lipinski definition) is 2. The Labute approximate surface area is 119 Å². The van der Waals surface area contributed by atoms with Gasteiger partial charge < -0.3 is 10.3 Å². The Balaban J connectivity index is 0.000000121. The molecular weight excluding hydrogens is 244 g/mol. The van der Waals surface area contributed by atoms with Crippen molar-refractivity contribution in [3.63, 3.8) is 0 Å². The number of hydrogen-bond acceptors (Lipinski definition) is 1. The molecule has 2 aromatic carbocycles. The van der Waals surface area contributed by atoms with E-state index in [9.17, 15) is 0 Å². The molecule has 4 rings (SSSR count). The molecule has 3 aromatic rings. The molecule has 2 N–H and O–H groups in total. The second kappa shape index (κ2) is 5.41. The van der Waals surface area contributed by atoms with E-state index in [0.29, 0.717) is 5.92 Å². The Morgan fingerprint density at radius 2 is 1.75 bits per heavy atom. The number of para-hydroxylation sites is 2. The van der Waals surface area contributed by atoms with E-state index in [1.165, 1.54) is 27.7 Å². The third-order valence-corrected chi connectivity index (χ3v) is 3.89. The third-order valence-electron chi connectivity index (χ3n) is 3.89. The number of H-pyrrole nitrogens is 1. The second-order valence-electron chi connectivity index (χ2n) is 5.39. The summed E-state index contributed by atoms with van der Waals surface area (Å²) in [4.78, 5) is 3.19. The van der Waals surface area contributed by atoms with Crippen LogP contribution in [0.15, 0.2) is 54.7 Å². The van der Waals surface area contributed by atoms with Crippen LogP contribution in [0.1, 0.15) is 24.0 Å². The number of nitrogens with one attached hydrogen (secondary N) is 2. The van der Waals surface area contributed by atoms with Crippen LogP contribution in [0.25, 0.3) is 10.9 Å². The van der Waals surface area contributed by atoms with Crippen LogP contribution < -0.4 is 5.32 Å². The minimum absolute atomic E-state index is 0.691. The van der Waals surface area contributed by atoms with E-state index in [-0.39, 0.29) is 0 Å². The maximum absolute atomic E-state index is 3.35. The standard InChI is InChI=1S/C9H11N.C9H9N/c2*1-7-6-10-9-5-3-2-4-8(7)9/h2-5,7,10H,6H2,1H3;2-6,10H,1H3. The quantitative estimate of drug-likeness (QED) is 0.605. The van der Waals surface area contributed by atoms with Crippen LogP contribution in [0.2, 0.25) is 0 Å². The molecule has 1 aromatic heterocycles. The highest BCUT2D eigenvalue weighted by Gasteiger charge is 2.15. The molecule has 0 saturated carbocycles. The van der Waals surface area contributed by atoms with E-state index in [2.05, 4.69) is 66.6 Å². The van der Waals surface area contributed by atoms with Gasteiger partial charge in [0.05, 0.1) is 0 Å². The molecule has 0 saturated heterocycles. The van der Waals surface area contributed by atoms with E-state index in [0.717, 1.165) is 6.54 Å². The SMILES string of the molecule is CC1CNc2ccccc21.Cc1c[nH]c2ccccc12. The zero-order chi connectivity index (χ0) is 13.9. The lowest BCUT2D eigenvalue weighted by atomic mass is 10.0. The van der Waals surface area contributed by atoms with Crippen molar-refractivity contribution in [2.75, 3.05) is 11.9 Å². The number of rotatable bonds is 0. The van der Waals surface area contributed by atoms with Crippen molar-refractivity contribution in [2.24, 2.45) is 0 Å². The monoisotopic (exact) mass is 264 g/mol. The summed E-state index contributed by atoms with van der Waals surface area (Å²) < 4.78 is 0. The van der Waals surface area contributed by atoms with E-state index in [1.807, 2.05) is 12.3 Å². The first-order chi connectivity index (χ1) is 9.75. The third kappa shape index (κ3) is 2.42. The van der Waals surface area contributed by atoms with Gasteiger partial charge in [0, 0.05) is 35.2 Å². The number of aromatic nitrogens is 1. The highest BCUT2D eigenvalue weighted by Crippen LogP contribution is 2.29. The Hall–Kier alpha value is -2.22. The van der Waals surface area contributed by atoms with Crippen molar-refractivity contribution in [1.82, 2.24) is 4.98 Å². The molecule has 0 bridgehead atoms. The molecule has 1 aliphatic heterocycles. The van der Waals surface area contributed by atoms with Crippen molar-refractivity contribution in [2.45, 2.75) is 19.8 Å². The van der Waals surface area contributed by atoms with Gasteiger partial charge in [-0.1, -0.05) is 43.3 Å². The maximum Gasteiger partial charge on any atom is 0.0456 e. The summed E-state index contributed by atoms with van der Waals surface area (Å²) >= 11 is 0. The van der Waals surface area contributed by atoms with Crippen molar-refractivity contribution < 1.29 is 0 Å². The molecule has 2 heteroatoms. The van der Waals surface area contributed by atoms with Crippen LogP contribution in [0.3, 0.4) is 0 Å². The molecule has 2 nitrogen and oxygen atoms in total. The lowest BCUT2D eigenvalue weighted by Crippen LogP contribution is -1.95. The first kappa shape index (κ1) is 12.8. The van der Waals surface area contributed by atoms with Crippen molar-refractivity contribution in [1.29, 1.82) is 0 Å². The highest BCUT2D eigenvalue weighted by molar-refractivity contribution is 5.82. The normalized spacial score (nSPS) is 16.2. The summed E-state index contributed by atoms with van der Waals surface area (Å²) in [6.45, 7) is 5.46. The molecule has 1 aliphatic rings. The lowest BCUT2D eigenvalue weighted by molar-refractivity contribution is 0.854. The number of aromatic amines is 1. The minimum Gasteiger partial charge on any atom is -0.384 e. The van der Waals surface area contributed by atoms with Gasteiger partial charge in [0.25, 0.3) is 0 Å². The Morgan fingerprint density at radius 3 is 2.55 bits per heavy atom. The predicted octanol–water partition coefficient (Wildman–Crippen LogP) is 4.69. The van der Waals surface area contributed by atoms with Gasteiger partial charge in [-0.25, -0.2) is 0 Å². The van der Waals surface area contributed by atoms with Crippen LogP contribution in [-0.4, -0.2) is 11.5 Å². The molecular formula is C18H20N2. The maximum atomic E-state index is 3.35. The first-order valence-electron chi connectivity index (χ1n) is 7.11. The van der Waals surface area contributed by atoms with Gasteiger partial charge >= 0.3 is 0 Å². The van der Waals surface area contributed by atoms with Gasteiger partial charge in [0.1, 0.15) is 0 Å². The molecule has 2 heterocycles. The number of aryl methyl sites for hydroxylation is 1. The minimum atomic E-state index is 0.691. The summed E-state index contributed by atoms with van der Waals surface area (Å²) in [6, 6.07) is 16.8. The van der Waals surface area contributed by atoms with Gasteiger partial charge in [-0.2, -0.15) is 0 Å². The average molecular weight is 264 g/mol. The van der Waals surface area contributed by atoms with Gasteiger partial charge in [-0.15, -0.1) is 0 Å². The van der Waals surface area contributed by atoms with Crippen molar-refractivity contribution >= 4 is 16.6 Å². The molecule has 0 amide bonds. The molecule has 0 radical (unpaired) electrons. The summed E-state index contributed by atoms with van der Waals surface area (Å²) in [5.74, 6) is 0.691. The summed E-state index contributed by atoms with van der Waals surface area (Å²) in [5, 5.41) is 4.67. The molecule has 0 aliphatic carbocycles.